The lowest BCUT2D eigenvalue weighted by Crippen LogP contribution is -2.26. The topological polar surface area (TPSA) is 58.4 Å². The van der Waals surface area contributed by atoms with Crippen molar-refractivity contribution in [2.75, 3.05) is 31.3 Å². The van der Waals surface area contributed by atoms with E-state index < -0.39 is 0 Å². The molecule has 0 atom stereocenters. The Bertz CT molecular complexity index is 465. The molecule has 0 saturated heterocycles. The smallest absolute Gasteiger partial charge is 0.251 e. The third-order valence-corrected chi connectivity index (χ3v) is 4.08. The van der Waals surface area contributed by atoms with Crippen LogP contribution in [0.15, 0.2) is 18.2 Å². The number of rotatable bonds is 5. The van der Waals surface area contributed by atoms with E-state index in [0.29, 0.717) is 11.3 Å². The van der Waals surface area contributed by atoms with Crippen LogP contribution in [0.25, 0.3) is 0 Å². The largest absolute Gasteiger partial charge is 0.397 e. The van der Waals surface area contributed by atoms with Crippen LogP contribution < -0.4 is 16.0 Å². The molecule has 0 unspecified atom stereocenters. The highest BCUT2D eigenvalue weighted by molar-refractivity contribution is 5.96. The summed E-state index contributed by atoms with van der Waals surface area (Å²) < 4.78 is 0. The predicted molar refractivity (Wildman–Crippen MR) is 84.1 cm³/mol. The average Bonchev–Trinajstić information content (AvgIpc) is 2.91. The molecule has 2 rings (SSSR count). The van der Waals surface area contributed by atoms with Gasteiger partial charge in [-0.25, -0.2) is 0 Å². The van der Waals surface area contributed by atoms with Crippen molar-refractivity contribution in [3.63, 3.8) is 0 Å². The molecule has 0 aliphatic heterocycles. The molecular weight excluding hydrogens is 250 g/mol. The lowest BCUT2D eigenvalue weighted by molar-refractivity contribution is 0.0951. The van der Waals surface area contributed by atoms with Crippen LogP contribution in [0, 0.1) is 5.92 Å². The molecule has 110 valence electrons. The fourth-order valence-electron chi connectivity index (χ4n) is 2.89. The molecular formula is C16H25N3O. The van der Waals surface area contributed by atoms with Crippen molar-refractivity contribution in [3.05, 3.63) is 23.8 Å². The number of nitrogens with one attached hydrogen (secondary N) is 1. The number of amides is 1. The third kappa shape index (κ3) is 3.65. The van der Waals surface area contributed by atoms with Crippen molar-refractivity contribution in [2.45, 2.75) is 32.1 Å². The van der Waals surface area contributed by atoms with Gasteiger partial charge in [-0.15, -0.1) is 0 Å². The Morgan fingerprint density at radius 2 is 2.05 bits per heavy atom. The van der Waals surface area contributed by atoms with Crippen LogP contribution in [-0.4, -0.2) is 26.5 Å². The first-order chi connectivity index (χ1) is 9.58. The molecule has 20 heavy (non-hydrogen) atoms. The third-order valence-electron chi connectivity index (χ3n) is 4.08. The Balaban J connectivity index is 1.87. The van der Waals surface area contributed by atoms with Crippen LogP contribution in [0.3, 0.4) is 0 Å². The maximum absolute atomic E-state index is 12.1. The lowest BCUT2D eigenvalue weighted by atomic mass is 10.0. The predicted octanol–water partition coefficient (Wildman–Crippen LogP) is 2.64. The summed E-state index contributed by atoms with van der Waals surface area (Å²) >= 11 is 0. The minimum Gasteiger partial charge on any atom is -0.397 e. The fraction of sp³-hybridized carbons (Fsp3) is 0.562. The Morgan fingerprint density at radius 3 is 2.65 bits per heavy atom. The minimum absolute atomic E-state index is 0.0278. The second-order valence-electron chi connectivity index (χ2n) is 5.86. The molecule has 1 aliphatic rings. The van der Waals surface area contributed by atoms with Crippen molar-refractivity contribution in [2.24, 2.45) is 5.92 Å². The molecule has 1 aromatic rings. The maximum Gasteiger partial charge on any atom is 0.251 e. The highest BCUT2D eigenvalue weighted by Gasteiger charge is 2.15. The Morgan fingerprint density at radius 1 is 1.35 bits per heavy atom. The second kappa shape index (κ2) is 6.64. The lowest BCUT2D eigenvalue weighted by Gasteiger charge is -2.16. The van der Waals surface area contributed by atoms with Gasteiger partial charge in [-0.3, -0.25) is 4.79 Å². The maximum atomic E-state index is 12.1. The summed E-state index contributed by atoms with van der Waals surface area (Å²) in [6.45, 7) is 0.763. The van der Waals surface area contributed by atoms with Crippen LogP contribution in [-0.2, 0) is 0 Å². The van der Waals surface area contributed by atoms with Crippen molar-refractivity contribution in [1.82, 2.24) is 5.32 Å². The van der Waals surface area contributed by atoms with Gasteiger partial charge in [-0.1, -0.05) is 25.7 Å². The quantitative estimate of drug-likeness (QED) is 0.812. The highest BCUT2D eigenvalue weighted by Crippen LogP contribution is 2.27. The summed E-state index contributed by atoms with van der Waals surface area (Å²) in [6, 6.07) is 5.47. The number of carbonyl (C=O) groups excluding carboxylic acids is 1. The van der Waals surface area contributed by atoms with Crippen molar-refractivity contribution in [3.8, 4) is 0 Å². The van der Waals surface area contributed by atoms with E-state index in [2.05, 4.69) is 5.32 Å². The first-order valence-corrected chi connectivity index (χ1v) is 7.43. The summed E-state index contributed by atoms with van der Waals surface area (Å²) in [5, 5.41) is 2.99. The van der Waals surface area contributed by atoms with Gasteiger partial charge < -0.3 is 16.0 Å². The number of nitrogens with zero attached hydrogens (tertiary/aromatic N) is 1. The number of nitrogen functional groups attached to an aromatic ring is 1. The van der Waals surface area contributed by atoms with Gasteiger partial charge in [0, 0.05) is 26.2 Å². The van der Waals surface area contributed by atoms with E-state index in [4.69, 9.17) is 5.73 Å². The van der Waals surface area contributed by atoms with Crippen molar-refractivity contribution in [1.29, 1.82) is 0 Å². The van der Waals surface area contributed by atoms with E-state index in [1.807, 2.05) is 31.1 Å². The van der Waals surface area contributed by atoms with Crippen molar-refractivity contribution >= 4 is 17.3 Å². The van der Waals surface area contributed by atoms with Crippen molar-refractivity contribution < 1.29 is 4.79 Å². The number of carbonyl (C=O) groups is 1. The second-order valence-corrected chi connectivity index (χ2v) is 5.86. The van der Waals surface area contributed by atoms with Crippen LogP contribution in [0.1, 0.15) is 42.5 Å². The standard InChI is InChI=1S/C16H25N3O/c1-19(2)15-8-7-13(11-14(15)17)16(20)18-10-9-12-5-3-4-6-12/h7-8,11-12H,3-6,9-10,17H2,1-2H3,(H,18,20). The van der Waals surface area contributed by atoms with Gasteiger partial charge in [-0.05, 0) is 30.5 Å². The van der Waals surface area contributed by atoms with Gasteiger partial charge in [0.1, 0.15) is 0 Å². The molecule has 1 aromatic carbocycles. The molecule has 0 heterocycles. The van der Waals surface area contributed by atoms with E-state index in [1.165, 1.54) is 25.7 Å². The molecule has 0 spiro atoms. The average molecular weight is 275 g/mol. The van der Waals surface area contributed by atoms with E-state index >= 15 is 0 Å². The summed E-state index contributed by atoms with van der Waals surface area (Å²) in [4.78, 5) is 14.0. The van der Waals surface area contributed by atoms with Crippen LogP contribution >= 0.6 is 0 Å². The number of hydrogen-bond donors (Lipinski definition) is 2. The van der Waals surface area contributed by atoms with E-state index in [9.17, 15) is 4.79 Å². The van der Waals surface area contributed by atoms with Gasteiger partial charge in [0.05, 0.1) is 11.4 Å². The molecule has 1 aliphatic carbocycles. The molecule has 3 N–H and O–H groups in total. The van der Waals surface area contributed by atoms with Crippen LogP contribution in [0.2, 0.25) is 0 Å². The molecule has 1 amide bonds. The van der Waals surface area contributed by atoms with E-state index in [1.54, 1.807) is 6.07 Å². The number of hydrogen-bond acceptors (Lipinski definition) is 3. The molecule has 1 saturated carbocycles. The van der Waals surface area contributed by atoms with E-state index in [0.717, 1.165) is 24.6 Å². The number of anilines is 2. The van der Waals surface area contributed by atoms with Crippen LogP contribution in [0.5, 0.6) is 0 Å². The Kier molecular flexibility index (Phi) is 4.88. The highest BCUT2D eigenvalue weighted by atomic mass is 16.1. The Hall–Kier alpha value is -1.71. The number of benzene rings is 1. The van der Waals surface area contributed by atoms with Gasteiger partial charge >= 0.3 is 0 Å². The molecule has 4 nitrogen and oxygen atoms in total. The minimum atomic E-state index is -0.0278. The first-order valence-electron chi connectivity index (χ1n) is 7.43. The van der Waals surface area contributed by atoms with Gasteiger partial charge in [0.15, 0.2) is 0 Å². The molecule has 0 radical (unpaired) electrons. The zero-order valence-corrected chi connectivity index (χ0v) is 12.5. The SMILES string of the molecule is CN(C)c1ccc(C(=O)NCCC2CCCC2)cc1N. The molecule has 1 fully saturated rings. The zero-order valence-electron chi connectivity index (χ0n) is 12.5. The monoisotopic (exact) mass is 275 g/mol. The fourth-order valence-corrected chi connectivity index (χ4v) is 2.89. The van der Waals surface area contributed by atoms with Gasteiger partial charge in [0.25, 0.3) is 5.91 Å². The summed E-state index contributed by atoms with van der Waals surface area (Å²) in [6.07, 6.45) is 6.43. The van der Waals surface area contributed by atoms with Crippen LogP contribution in [0.4, 0.5) is 11.4 Å². The number of nitrogens with two attached hydrogens (primary N) is 1. The summed E-state index contributed by atoms with van der Waals surface area (Å²) in [7, 11) is 3.88. The Labute approximate surface area is 121 Å². The zero-order chi connectivity index (χ0) is 14.5. The molecule has 4 heteroatoms. The molecule has 0 bridgehead atoms. The first kappa shape index (κ1) is 14.7. The summed E-state index contributed by atoms with van der Waals surface area (Å²) in [5.41, 5.74) is 8.18. The molecule has 0 aromatic heterocycles. The van der Waals surface area contributed by atoms with Gasteiger partial charge in [-0.2, -0.15) is 0 Å². The van der Waals surface area contributed by atoms with E-state index in [-0.39, 0.29) is 5.91 Å². The van der Waals surface area contributed by atoms with Gasteiger partial charge in [0.2, 0.25) is 0 Å². The normalized spacial score (nSPS) is 15.3. The summed E-state index contributed by atoms with van der Waals surface area (Å²) in [5.74, 6) is 0.775.